The van der Waals surface area contributed by atoms with Crippen LogP contribution in [0.25, 0.3) is 11.0 Å². The molecule has 2 N–H and O–H groups in total. The van der Waals surface area contributed by atoms with E-state index in [9.17, 15) is 9.59 Å². The van der Waals surface area contributed by atoms with E-state index in [1.54, 1.807) is 13.8 Å². The molecule has 4 rings (SSSR count). The Morgan fingerprint density at radius 3 is 1.98 bits per heavy atom. The van der Waals surface area contributed by atoms with Crippen molar-refractivity contribution in [2.24, 2.45) is 0 Å². The van der Waals surface area contributed by atoms with Crippen LogP contribution in [0.1, 0.15) is 154 Å². The first-order chi connectivity index (χ1) is 26.7. The average Bonchev–Trinajstić information content (AvgIpc) is 3.56. The van der Waals surface area contributed by atoms with Gasteiger partial charge in [-0.3, -0.25) is 0 Å². The number of hydrogen-bond donors (Lipinski definition) is 2. The van der Waals surface area contributed by atoms with E-state index in [1.165, 1.54) is 88.8 Å². The second kappa shape index (κ2) is 23.4. The van der Waals surface area contributed by atoms with Gasteiger partial charge in [0, 0.05) is 22.7 Å². The number of esters is 2. The van der Waals surface area contributed by atoms with Crippen LogP contribution in [-0.4, -0.2) is 47.0 Å². The molecule has 3 aromatic rings. The lowest BCUT2D eigenvalue weighted by molar-refractivity contribution is -0.139. The molecule has 2 aromatic carbocycles. The van der Waals surface area contributed by atoms with Gasteiger partial charge in [0.15, 0.2) is 5.16 Å². The van der Waals surface area contributed by atoms with Crippen LogP contribution in [0.3, 0.4) is 0 Å². The molecule has 302 valence electrons. The third-order valence-electron chi connectivity index (χ3n) is 10.2. The highest BCUT2D eigenvalue weighted by atomic mass is 32.2. The predicted octanol–water partition coefficient (Wildman–Crippen LogP) is 11.8. The van der Waals surface area contributed by atoms with Crippen LogP contribution >= 0.6 is 11.8 Å². The van der Waals surface area contributed by atoms with Crippen LogP contribution in [0.15, 0.2) is 64.1 Å². The Morgan fingerprint density at radius 1 is 0.782 bits per heavy atom. The van der Waals surface area contributed by atoms with Crippen LogP contribution in [0, 0.1) is 6.92 Å². The van der Waals surface area contributed by atoms with Crippen molar-refractivity contribution in [3.05, 3.63) is 75.6 Å². The number of hydrogen-bond acceptors (Lipinski definition) is 8. The fourth-order valence-corrected chi connectivity index (χ4v) is 8.39. The van der Waals surface area contributed by atoms with Crippen LogP contribution in [0.4, 0.5) is 0 Å². The number of unbranched alkanes of at least 4 members (excludes halogenated alkanes) is 13. The van der Waals surface area contributed by atoms with Crippen LogP contribution in [-0.2, 0) is 25.5 Å². The van der Waals surface area contributed by atoms with E-state index in [-0.39, 0.29) is 19.3 Å². The molecule has 8 nitrogen and oxygen atoms in total. The van der Waals surface area contributed by atoms with Gasteiger partial charge >= 0.3 is 11.9 Å². The molecule has 1 unspecified atom stereocenters. The van der Waals surface area contributed by atoms with Gasteiger partial charge in [-0.15, -0.1) is 0 Å². The number of aryl methyl sites for hydroxylation is 2. The number of nitrogens with zero attached hydrogens (tertiary/aromatic N) is 1. The van der Waals surface area contributed by atoms with Gasteiger partial charge in [0.2, 0.25) is 0 Å². The summed E-state index contributed by atoms with van der Waals surface area (Å²) in [5.41, 5.74) is 7.03. The lowest BCUT2D eigenvalue weighted by Gasteiger charge is -2.33. The summed E-state index contributed by atoms with van der Waals surface area (Å²) in [5, 5.41) is 4.18. The van der Waals surface area contributed by atoms with E-state index >= 15 is 0 Å². The fraction of sp³-hybridized carbons (Fsp3) is 0.587. The lowest BCUT2D eigenvalue weighted by Crippen LogP contribution is -2.35. The van der Waals surface area contributed by atoms with Crippen LogP contribution < -0.4 is 10.1 Å². The highest BCUT2D eigenvalue weighted by molar-refractivity contribution is 7.99. The molecule has 1 aliphatic heterocycles. The van der Waals surface area contributed by atoms with Crippen LogP contribution in [0.5, 0.6) is 5.75 Å². The zero-order valence-electron chi connectivity index (χ0n) is 34.7. The van der Waals surface area contributed by atoms with E-state index in [4.69, 9.17) is 19.2 Å². The Labute approximate surface area is 335 Å². The van der Waals surface area contributed by atoms with Crippen molar-refractivity contribution in [3.63, 3.8) is 0 Å². The number of aromatic nitrogens is 2. The topological polar surface area (TPSA) is 103 Å². The largest absolute Gasteiger partial charge is 0.491 e. The third kappa shape index (κ3) is 13.2. The summed E-state index contributed by atoms with van der Waals surface area (Å²) in [7, 11) is 0. The highest BCUT2D eigenvalue weighted by Gasteiger charge is 2.41. The van der Waals surface area contributed by atoms with Gasteiger partial charge in [0.1, 0.15) is 5.75 Å². The van der Waals surface area contributed by atoms with Crippen molar-refractivity contribution in [1.82, 2.24) is 15.3 Å². The Balaban J connectivity index is 1.59. The third-order valence-corrected chi connectivity index (χ3v) is 11.1. The molecule has 55 heavy (non-hydrogen) atoms. The first-order valence-electron chi connectivity index (χ1n) is 21.1. The molecule has 0 spiro atoms. The van der Waals surface area contributed by atoms with Gasteiger partial charge < -0.3 is 24.5 Å². The lowest BCUT2D eigenvalue weighted by atomic mass is 9.77. The summed E-state index contributed by atoms with van der Waals surface area (Å²) in [6.07, 6.45) is 18.8. The second-order valence-electron chi connectivity index (χ2n) is 15.1. The van der Waals surface area contributed by atoms with Crippen molar-refractivity contribution in [3.8, 4) is 5.75 Å². The number of benzene rings is 2. The molecule has 0 radical (unpaired) electrons. The zero-order valence-corrected chi connectivity index (χ0v) is 35.6. The summed E-state index contributed by atoms with van der Waals surface area (Å²) in [5.74, 6) is -0.601. The van der Waals surface area contributed by atoms with Crippen molar-refractivity contribution >= 4 is 34.7 Å². The van der Waals surface area contributed by atoms with Crippen molar-refractivity contribution in [2.75, 3.05) is 19.0 Å². The van der Waals surface area contributed by atoms with Gasteiger partial charge in [-0.25, -0.2) is 14.6 Å². The summed E-state index contributed by atoms with van der Waals surface area (Å²) in [4.78, 5) is 36.3. The quantitative estimate of drug-likeness (QED) is 0.0498. The summed E-state index contributed by atoms with van der Waals surface area (Å²) in [6, 6.07) is 12.2. The van der Waals surface area contributed by atoms with E-state index in [0.29, 0.717) is 34.0 Å². The molecule has 0 fully saturated rings. The minimum absolute atomic E-state index is 0.116. The molecule has 0 saturated heterocycles. The molecule has 1 aliphatic rings. The highest BCUT2D eigenvalue weighted by Crippen LogP contribution is 2.46. The molecular weight excluding hydrogens is 707 g/mol. The number of fused-ring (bicyclic) bond motifs is 1. The molecule has 1 atom stereocenters. The number of aromatic amines is 1. The average molecular weight is 774 g/mol. The van der Waals surface area contributed by atoms with E-state index in [2.05, 4.69) is 36.3 Å². The number of H-pyrrole nitrogens is 1. The monoisotopic (exact) mass is 773 g/mol. The second-order valence-corrected chi connectivity index (χ2v) is 16.1. The Morgan fingerprint density at radius 2 is 1.38 bits per heavy atom. The summed E-state index contributed by atoms with van der Waals surface area (Å²) < 4.78 is 17.9. The fourth-order valence-electron chi connectivity index (χ4n) is 7.54. The summed E-state index contributed by atoms with van der Waals surface area (Å²) in [6.45, 7) is 14.2. The Bertz CT molecular complexity index is 1740. The number of carbonyl (C=O) groups is 2. The van der Waals surface area contributed by atoms with Crippen molar-refractivity contribution in [1.29, 1.82) is 0 Å². The van der Waals surface area contributed by atoms with E-state index in [1.807, 2.05) is 45.0 Å². The minimum atomic E-state index is -0.745. The van der Waals surface area contributed by atoms with Gasteiger partial charge in [-0.1, -0.05) is 120 Å². The molecule has 2 heterocycles. The smallest absolute Gasteiger partial charge is 0.336 e. The number of ether oxygens (including phenoxy) is 3. The Hall–Kier alpha value is -3.72. The number of rotatable bonds is 25. The SMILES string of the molecule is CCCCCCCCCCCCCCCCc1cccc(OC(C)C)c1C1C(C(=O)OCC)=C(C)NC(CSc2nc3ccc(C)cc3[nH]2)=C1C(=O)OCC. The zero-order chi connectivity index (χ0) is 39.6. The molecule has 0 aliphatic carbocycles. The molecule has 0 bridgehead atoms. The number of imidazole rings is 1. The number of thioether (sulfide) groups is 1. The van der Waals surface area contributed by atoms with Gasteiger partial charge in [-0.05, 0) is 83.7 Å². The molecule has 0 saturated carbocycles. The first-order valence-corrected chi connectivity index (χ1v) is 22.1. The van der Waals surface area contributed by atoms with Crippen molar-refractivity contribution < 1.29 is 23.8 Å². The summed E-state index contributed by atoms with van der Waals surface area (Å²) >= 11 is 1.50. The Kier molecular flexibility index (Phi) is 18.7. The van der Waals surface area contributed by atoms with E-state index < -0.39 is 17.9 Å². The van der Waals surface area contributed by atoms with Gasteiger partial charge in [0.25, 0.3) is 0 Å². The maximum atomic E-state index is 14.2. The molecule has 9 heteroatoms. The van der Waals surface area contributed by atoms with Gasteiger partial charge in [-0.2, -0.15) is 0 Å². The molecule has 1 aromatic heterocycles. The predicted molar refractivity (Wildman–Crippen MR) is 227 cm³/mol. The maximum absolute atomic E-state index is 14.2. The molecule has 0 amide bonds. The van der Waals surface area contributed by atoms with Crippen LogP contribution in [0.2, 0.25) is 0 Å². The minimum Gasteiger partial charge on any atom is -0.491 e. The number of dihydropyridines is 1. The number of carbonyl (C=O) groups excluding carboxylic acids is 2. The normalized spacial score (nSPS) is 14.5. The first kappa shape index (κ1) is 44.0. The number of nitrogens with one attached hydrogen (secondary N) is 2. The maximum Gasteiger partial charge on any atom is 0.336 e. The van der Waals surface area contributed by atoms with E-state index in [0.717, 1.165) is 52.1 Å². The van der Waals surface area contributed by atoms with Gasteiger partial charge in [0.05, 0.1) is 47.4 Å². The standard InChI is InChI=1S/C46H67N3O5S/c1-8-11-12-13-14-15-16-17-18-19-20-21-22-23-25-35-26-24-27-39(54-32(4)5)41(35)43-40(44(50)52-9-2)34(7)47-38(42(43)45(51)53-10-3)31-55-46-48-36-29-28-33(6)30-37(36)49-46/h24,26-30,32,43,47H,8-23,25,31H2,1-7H3,(H,48,49). The number of allylic oxidation sites excluding steroid dienone is 1. The molecular formula is C46H67N3O5S. The van der Waals surface area contributed by atoms with Crippen molar-refractivity contribution in [2.45, 2.75) is 162 Å².